The quantitative estimate of drug-likeness (QED) is 0.845. The van der Waals surface area contributed by atoms with Crippen molar-refractivity contribution in [3.8, 4) is 11.8 Å². The zero-order valence-electron chi connectivity index (χ0n) is 13.6. The van der Waals surface area contributed by atoms with Gasteiger partial charge < -0.3 is 10.4 Å². The van der Waals surface area contributed by atoms with E-state index in [0.717, 1.165) is 30.4 Å². The fourth-order valence-corrected chi connectivity index (χ4v) is 3.12. The number of nitrogens with one attached hydrogen (secondary N) is 1. The van der Waals surface area contributed by atoms with Crippen LogP contribution in [0.15, 0.2) is 54.6 Å². The van der Waals surface area contributed by atoms with Crippen molar-refractivity contribution < 1.29 is 9.50 Å². The smallest absolute Gasteiger partial charge is 0.141 e. The van der Waals surface area contributed by atoms with Gasteiger partial charge in [0.1, 0.15) is 11.4 Å². The Bertz CT molecular complexity index is 717. The summed E-state index contributed by atoms with van der Waals surface area (Å²) in [6.45, 7) is 0.597. The summed E-state index contributed by atoms with van der Waals surface area (Å²) in [5.41, 5.74) is 0.892. The average molecular weight is 323 g/mol. The molecule has 1 saturated carbocycles. The van der Waals surface area contributed by atoms with Crippen molar-refractivity contribution in [3.63, 3.8) is 0 Å². The summed E-state index contributed by atoms with van der Waals surface area (Å²) in [6, 6.07) is 16.1. The lowest BCUT2D eigenvalue weighted by Gasteiger charge is -2.36. The molecule has 0 amide bonds. The number of rotatable bonds is 3. The molecule has 3 rings (SSSR count). The van der Waals surface area contributed by atoms with Crippen LogP contribution in [0.5, 0.6) is 0 Å². The maximum atomic E-state index is 13.0. The molecule has 124 valence electrons. The minimum absolute atomic E-state index is 0.0764. The van der Waals surface area contributed by atoms with Gasteiger partial charge >= 0.3 is 0 Å². The van der Waals surface area contributed by atoms with E-state index in [1.54, 1.807) is 12.1 Å². The largest absolute Gasteiger partial charge is 0.376 e. The van der Waals surface area contributed by atoms with E-state index >= 15 is 0 Å². The first-order valence-electron chi connectivity index (χ1n) is 8.44. The molecule has 0 unspecified atom stereocenters. The van der Waals surface area contributed by atoms with E-state index in [4.69, 9.17) is 0 Å². The van der Waals surface area contributed by atoms with Gasteiger partial charge in [-0.3, -0.25) is 0 Å². The van der Waals surface area contributed by atoms with Crippen molar-refractivity contribution >= 4 is 0 Å². The Labute approximate surface area is 142 Å². The van der Waals surface area contributed by atoms with E-state index in [9.17, 15) is 9.50 Å². The molecule has 1 aliphatic carbocycles. The molecule has 2 nitrogen and oxygen atoms in total. The maximum absolute atomic E-state index is 13.0. The van der Waals surface area contributed by atoms with Crippen LogP contribution in [0.1, 0.15) is 36.8 Å². The summed E-state index contributed by atoms with van der Waals surface area (Å²) in [6.07, 6.45) is 3.63. The van der Waals surface area contributed by atoms with Crippen LogP contribution < -0.4 is 5.32 Å². The van der Waals surface area contributed by atoms with Crippen molar-refractivity contribution in [3.05, 3.63) is 71.5 Å². The minimum atomic E-state index is -1.02. The van der Waals surface area contributed by atoms with Crippen molar-refractivity contribution in [1.29, 1.82) is 0 Å². The number of halogens is 1. The van der Waals surface area contributed by atoms with Gasteiger partial charge in [-0.25, -0.2) is 4.39 Å². The molecule has 3 heteroatoms. The van der Waals surface area contributed by atoms with E-state index in [1.807, 2.05) is 30.3 Å². The van der Waals surface area contributed by atoms with Gasteiger partial charge in [-0.2, -0.15) is 0 Å². The molecule has 0 heterocycles. The molecule has 0 aliphatic heterocycles. The van der Waals surface area contributed by atoms with Crippen LogP contribution in [0.25, 0.3) is 0 Å². The third kappa shape index (κ3) is 4.23. The summed E-state index contributed by atoms with van der Waals surface area (Å²) < 4.78 is 13.0. The Morgan fingerprint density at radius 3 is 2.58 bits per heavy atom. The van der Waals surface area contributed by atoms with E-state index in [1.165, 1.54) is 12.1 Å². The second kappa shape index (κ2) is 7.61. The number of hydrogen-bond donors (Lipinski definition) is 2. The summed E-state index contributed by atoms with van der Waals surface area (Å²) in [5, 5.41) is 14.4. The number of aliphatic hydroxyl groups is 1. The summed E-state index contributed by atoms with van der Waals surface area (Å²) in [4.78, 5) is 0. The van der Waals surface area contributed by atoms with Crippen LogP contribution in [-0.2, 0) is 6.54 Å². The van der Waals surface area contributed by atoms with Crippen LogP contribution in [0.3, 0.4) is 0 Å². The topological polar surface area (TPSA) is 32.3 Å². The summed E-state index contributed by atoms with van der Waals surface area (Å²) in [7, 11) is 0. The van der Waals surface area contributed by atoms with Gasteiger partial charge in [0.05, 0.1) is 0 Å². The molecular formula is C21H22FNO. The third-order valence-corrected chi connectivity index (χ3v) is 4.54. The minimum Gasteiger partial charge on any atom is -0.376 e. The van der Waals surface area contributed by atoms with Crippen LogP contribution in [0.4, 0.5) is 4.39 Å². The normalized spacial score (nSPS) is 23.3. The van der Waals surface area contributed by atoms with Gasteiger partial charge in [0.2, 0.25) is 0 Å². The summed E-state index contributed by atoms with van der Waals surface area (Å²) in [5.74, 6) is 5.96. The predicted molar refractivity (Wildman–Crippen MR) is 93.8 cm³/mol. The summed E-state index contributed by atoms with van der Waals surface area (Å²) >= 11 is 0. The van der Waals surface area contributed by atoms with Gasteiger partial charge in [-0.15, -0.1) is 0 Å². The fourth-order valence-electron chi connectivity index (χ4n) is 3.12. The first kappa shape index (κ1) is 16.7. The molecule has 1 fully saturated rings. The molecule has 2 aromatic rings. The monoisotopic (exact) mass is 323 g/mol. The molecule has 1 aliphatic rings. The van der Waals surface area contributed by atoms with Crippen LogP contribution in [0, 0.1) is 17.7 Å². The van der Waals surface area contributed by atoms with Crippen LogP contribution in [-0.4, -0.2) is 16.7 Å². The molecular weight excluding hydrogens is 301 g/mol. The zero-order chi connectivity index (χ0) is 16.8. The van der Waals surface area contributed by atoms with Gasteiger partial charge in [0.25, 0.3) is 0 Å². The Balaban J connectivity index is 1.70. The molecule has 2 N–H and O–H groups in total. The van der Waals surface area contributed by atoms with E-state index in [0.29, 0.717) is 13.0 Å². The standard InChI is InChI=1S/C21H22FNO/c22-19-11-9-18(10-12-19)16-23-20-8-4-5-14-21(20,24)15-13-17-6-2-1-3-7-17/h1-3,6-7,9-12,20,23-24H,4-5,8,14,16H2/t20-,21+/m0/s1. The molecule has 2 atom stereocenters. The molecule has 24 heavy (non-hydrogen) atoms. The SMILES string of the molecule is O[C@@]1(C#Cc2ccccc2)CCCC[C@@H]1NCc1ccc(F)cc1. The lowest BCUT2D eigenvalue weighted by molar-refractivity contribution is 0.0254. The lowest BCUT2D eigenvalue weighted by Crippen LogP contribution is -2.51. The van der Waals surface area contributed by atoms with Gasteiger partial charge in [0.15, 0.2) is 0 Å². The Hall–Kier alpha value is -2.15. The first-order valence-corrected chi connectivity index (χ1v) is 8.44. The Morgan fingerprint density at radius 1 is 1.08 bits per heavy atom. The predicted octanol–water partition coefficient (Wildman–Crippen LogP) is 3.64. The molecule has 0 spiro atoms. The van der Waals surface area contributed by atoms with Crippen molar-refractivity contribution in [2.24, 2.45) is 0 Å². The van der Waals surface area contributed by atoms with Gasteiger partial charge in [-0.1, -0.05) is 48.6 Å². The second-order valence-corrected chi connectivity index (χ2v) is 6.35. The Morgan fingerprint density at radius 2 is 1.83 bits per heavy atom. The zero-order valence-corrected chi connectivity index (χ0v) is 13.6. The van der Waals surface area contributed by atoms with E-state index in [-0.39, 0.29) is 11.9 Å². The van der Waals surface area contributed by atoms with Crippen LogP contribution in [0.2, 0.25) is 0 Å². The highest BCUT2D eigenvalue weighted by Gasteiger charge is 2.37. The highest BCUT2D eigenvalue weighted by Crippen LogP contribution is 2.28. The van der Waals surface area contributed by atoms with Gasteiger partial charge in [-0.05, 0) is 49.1 Å². The lowest BCUT2D eigenvalue weighted by atomic mass is 9.80. The fraction of sp³-hybridized carbons (Fsp3) is 0.333. The molecule has 0 aromatic heterocycles. The molecule has 2 aromatic carbocycles. The van der Waals surface area contributed by atoms with Crippen molar-refractivity contribution in [2.75, 3.05) is 0 Å². The average Bonchev–Trinajstić information content (AvgIpc) is 2.62. The third-order valence-electron chi connectivity index (χ3n) is 4.54. The van der Waals surface area contributed by atoms with Crippen molar-refractivity contribution in [1.82, 2.24) is 5.32 Å². The highest BCUT2D eigenvalue weighted by atomic mass is 19.1. The number of benzene rings is 2. The van der Waals surface area contributed by atoms with E-state index < -0.39 is 5.60 Å². The molecule has 0 bridgehead atoms. The number of hydrogen-bond acceptors (Lipinski definition) is 2. The molecule has 0 radical (unpaired) electrons. The maximum Gasteiger partial charge on any atom is 0.141 e. The Kier molecular flexibility index (Phi) is 5.30. The van der Waals surface area contributed by atoms with Gasteiger partial charge in [0, 0.05) is 18.2 Å². The van der Waals surface area contributed by atoms with E-state index in [2.05, 4.69) is 17.2 Å². The first-order chi connectivity index (χ1) is 11.7. The second-order valence-electron chi connectivity index (χ2n) is 6.35. The van der Waals surface area contributed by atoms with Crippen LogP contribution >= 0.6 is 0 Å². The highest BCUT2D eigenvalue weighted by molar-refractivity contribution is 5.37. The van der Waals surface area contributed by atoms with Crippen molar-refractivity contribution in [2.45, 2.75) is 43.9 Å². The molecule has 0 saturated heterocycles.